The molecule has 0 aromatic heterocycles. The van der Waals surface area contributed by atoms with Crippen molar-refractivity contribution in [2.75, 3.05) is 58.3 Å². The average Bonchev–Trinajstić information content (AvgIpc) is 2.68. The molecule has 2 N–H and O–H groups in total. The molecule has 0 spiro atoms. The molecule has 1 fully saturated rings. The van der Waals surface area contributed by atoms with Crippen LogP contribution in [0, 0.1) is 0 Å². The number of hydrogen-bond donors (Lipinski definition) is 2. The Labute approximate surface area is 165 Å². The predicted molar refractivity (Wildman–Crippen MR) is 108 cm³/mol. The molecule has 1 saturated heterocycles. The zero-order chi connectivity index (χ0) is 20.4. The molecule has 0 unspecified atom stereocenters. The van der Waals surface area contributed by atoms with Crippen LogP contribution < -0.4 is 15.4 Å². The van der Waals surface area contributed by atoms with Crippen molar-refractivity contribution in [3.05, 3.63) is 24.3 Å². The summed E-state index contributed by atoms with van der Waals surface area (Å²) in [5.74, 6) is 1.34. The van der Waals surface area contributed by atoms with Crippen LogP contribution in [0.25, 0.3) is 0 Å². The number of nitrogens with zero attached hydrogens (tertiary/aromatic N) is 3. The van der Waals surface area contributed by atoms with Crippen molar-refractivity contribution in [2.45, 2.75) is 13.8 Å². The van der Waals surface area contributed by atoms with E-state index in [0.717, 1.165) is 5.96 Å². The van der Waals surface area contributed by atoms with E-state index in [4.69, 9.17) is 9.47 Å². The Bertz CT molecular complexity index is 687. The van der Waals surface area contributed by atoms with Crippen molar-refractivity contribution >= 4 is 23.6 Å². The van der Waals surface area contributed by atoms with Gasteiger partial charge in [0.2, 0.25) is 5.91 Å². The molecule has 0 radical (unpaired) electrons. The number of anilines is 1. The van der Waals surface area contributed by atoms with E-state index >= 15 is 0 Å². The van der Waals surface area contributed by atoms with Crippen molar-refractivity contribution in [3.63, 3.8) is 0 Å². The van der Waals surface area contributed by atoms with Gasteiger partial charge in [0.25, 0.3) is 0 Å². The Balaban J connectivity index is 1.73. The molecule has 9 nitrogen and oxygen atoms in total. The smallest absolute Gasteiger partial charge is 0.409 e. The van der Waals surface area contributed by atoms with Gasteiger partial charge >= 0.3 is 6.09 Å². The fourth-order valence-electron chi connectivity index (χ4n) is 2.85. The number of hydrogen-bond acceptors (Lipinski definition) is 5. The van der Waals surface area contributed by atoms with Gasteiger partial charge in [0.1, 0.15) is 12.4 Å². The van der Waals surface area contributed by atoms with Gasteiger partial charge in [-0.05, 0) is 19.1 Å². The van der Waals surface area contributed by atoms with Crippen LogP contribution in [-0.2, 0) is 9.53 Å². The number of guanidine groups is 1. The number of aliphatic imine (C=N–C) groups is 1. The van der Waals surface area contributed by atoms with Gasteiger partial charge in [-0.25, -0.2) is 4.79 Å². The Kier molecular flexibility index (Phi) is 8.38. The van der Waals surface area contributed by atoms with E-state index in [-0.39, 0.29) is 12.0 Å². The zero-order valence-electron chi connectivity index (χ0n) is 16.7. The second-order valence-corrected chi connectivity index (χ2v) is 6.20. The molecule has 1 aliphatic rings. The minimum absolute atomic E-state index is 0.120. The highest BCUT2D eigenvalue weighted by Crippen LogP contribution is 2.17. The van der Waals surface area contributed by atoms with Crippen LogP contribution >= 0.6 is 0 Å². The van der Waals surface area contributed by atoms with E-state index in [2.05, 4.69) is 20.5 Å². The van der Waals surface area contributed by atoms with Crippen molar-refractivity contribution in [1.82, 2.24) is 15.1 Å². The van der Waals surface area contributed by atoms with Crippen LogP contribution in [0.3, 0.4) is 0 Å². The van der Waals surface area contributed by atoms with Gasteiger partial charge in [0, 0.05) is 51.9 Å². The van der Waals surface area contributed by atoms with Gasteiger partial charge in [-0.1, -0.05) is 6.07 Å². The first-order chi connectivity index (χ1) is 13.5. The maximum Gasteiger partial charge on any atom is 0.409 e. The zero-order valence-corrected chi connectivity index (χ0v) is 16.7. The second kappa shape index (κ2) is 11.0. The topological polar surface area (TPSA) is 95.5 Å². The molecule has 1 aromatic rings. The number of nitrogens with one attached hydrogen (secondary N) is 2. The van der Waals surface area contributed by atoms with E-state index < -0.39 is 0 Å². The Morgan fingerprint density at radius 3 is 2.54 bits per heavy atom. The largest absolute Gasteiger partial charge is 0.492 e. The van der Waals surface area contributed by atoms with Gasteiger partial charge in [-0.3, -0.25) is 9.79 Å². The highest BCUT2D eigenvalue weighted by molar-refractivity contribution is 5.88. The molecule has 0 atom stereocenters. The first-order valence-electron chi connectivity index (χ1n) is 9.41. The predicted octanol–water partition coefficient (Wildman–Crippen LogP) is 1.37. The van der Waals surface area contributed by atoms with Crippen molar-refractivity contribution in [2.24, 2.45) is 4.99 Å². The maximum absolute atomic E-state index is 11.8. The third-order valence-electron chi connectivity index (χ3n) is 4.13. The Morgan fingerprint density at radius 1 is 1.18 bits per heavy atom. The van der Waals surface area contributed by atoms with Crippen LogP contribution in [0.4, 0.5) is 10.5 Å². The number of carbonyl (C=O) groups excluding carboxylic acids is 2. The van der Waals surface area contributed by atoms with E-state index in [1.807, 2.05) is 18.2 Å². The lowest BCUT2D eigenvalue weighted by Gasteiger charge is -2.35. The molecule has 9 heteroatoms. The highest BCUT2D eigenvalue weighted by atomic mass is 16.6. The summed E-state index contributed by atoms with van der Waals surface area (Å²) in [5.41, 5.74) is 0.702. The normalized spacial score (nSPS) is 14.5. The molecule has 28 heavy (non-hydrogen) atoms. The van der Waals surface area contributed by atoms with Crippen molar-refractivity contribution < 1.29 is 19.1 Å². The third kappa shape index (κ3) is 6.64. The molecule has 154 valence electrons. The SMILES string of the molecule is CCOC(=O)N1CCN(C(=NC)NCCOc2cccc(NC(C)=O)c2)CC1. The van der Waals surface area contributed by atoms with E-state index in [1.165, 1.54) is 6.92 Å². The first-order valence-corrected chi connectivity index (χ1v) is 9.41. The number of ether oxygens (including phenoxy) is 2. The Hall–Kier alpha value is -2.97. The molecular weight excluding hydrogens is 362 g/mol. The van der Waals surface area contributed by atoms with E-state index in [9.17, 15) is 9.59 Å². The summed E-state index contributed by atoms with van der Waals surface area (Å²) >= 11 is 0. The summed E-state index contributed by atoms with van der Waals surface area (Å²) in [7, 11) is 1.73. The molecule has 0 aliphatic carbocycles. The van der Waals surface area contributed by atoms with Crippen LogP contribution in [0.5, 0.6) is 5.75 Å². The number of rotatable bonds is 6. The lowest BCUT2D eigenvalue weighted by atomic mass is 10.3. The van der Waals surface area contributed by atoms with Gasteiger partial charge in [0.05, 0.1) is 13.2 Å². The van der Waals surface area contributed by atoms with Gasteiger partial charge in [-0.2, -0.15) is 0 Å². The van der Waals surface area contributed by atoms with Gasteiger partial charge < -0.3 is 29.9 Å². The van der Waals surface area contributed by atoms with Crippen LogP contribution in [0.2, 0.25) is 0 Å². The second-order valence-electron chi connectivity index (χ2n) is 6.20. The molecule has 2 rings (SSSR count). The molecule has 0 bridgehead atoms. The lowest BCUT2D eigenvalue weighted by Crippen LogP contribution is -2.54. The summed E-state index contributed by atoms with van der Waals surface area (Å²) in [6, 6.07) is 7.26. The average molecular weight is 391 g/mol. The lowest BCUT2D eigenvalue weighted by molar-refractivity contribution is -0.114. The molecular formula is C19H29N5O4. The minimum Gasteiger partial charge on any atom is -0.492 e. The number of piperazine rings is 1. The summed E-state index contributed by atoms with van der Waals surface area (Å²) in [6.07, 6.45) is -0.264. The Morgan fingerprint density at radius 2 is 1.89 bits per heavy atom. The standard InChI is InChI=1S/C19H29N5O4/c1-4-27-19(26)24-11-9-23(10-12-24)18(20-3)21-8-13-28-17-7-5-6-16(14-17)22-15(2)25/h5-7,14H,4,8-13H2,1-3H3,(H,20,21)(H,22,25). The third-order valence-corrected chi connectivity index (χ3v) is 4.13. The highest BCUT2D eigenvalue weighted by Gasteiger charge is 2.23. The van der Waals surface area contributed by atoms with Gasteiger partial charge in [-0.15, -0.1) is 0 Å². The number of benzene rings is 1. The first kappa shape index (κ1) is 21.3. The van der Waals surface area contributed by atoms with Crippen LogP contribution in [-0.4, -0.2) is 80.7 Å². The number of amides is 2. The summed E-state index contributed by atoms with van der Waals surface area (Å²) in [6.45, 7) is 7.28. The maximum atomic E-state index is 11.8. The summed E-state index contributed by atoms with van der Waals surface area (Å²) in [5, 5.41) is 6.00. The summed E-state index contributed by atoms with van der Waals surface area (Å²) < 4.78 is 10.8. The fraction of sp³-hybridized carbons (Fsp3) is 0.526. The molecule has 1 aromatic carbocycles. The van der Waals surface area contributed by atoms with Crippen LogP contribution in [0.15, 0.2) is 29.3 Å². The molecule has 1 heterocycles. The van der Waals surface area contributed by atoms with Crippen molar-refractivity contribution in [3.8, 4) is 5.75 Å². The summed E-state index contributed by atoms with van der Waals surface area (Å²) in [4.78, 5) is 31.0. The fourth-order valence-corrected chi connectivity index (χ4v) is 2.85. The van der Waals surface area contributed by atoms with E-state index in [1.54, 1.807) is 24.9 Å². The van der Waals surface area contributed by atoms with Gasteiger partial charge in [0.15, 0.2) is 5.96 Å². The molecule has 0 saturated carbocycles. The molecule has 1 aliphatic heterocycles. The monoisotopic (exact) mass is 391 g/mol. The van der Waals surface area contributed by atoms with Crippen molar-refractivity contribution in [1.29, 1.82) is 0 Å². The number of carbonyl (C=O) groups is 2. The minimum atomic E-state index is -0.264. The quantitative estimate of drug-likeness (QED) is 0.432. The molecule has 2 amide bonds. The van der Waals surface area contributed by atoms with E-state index in [0.29, 0.717) is 57.4 Å². The van der Waals surface area contributed by atoms with Crippen LogP contribution in [0.1, 0.15) is 13.8 Å².